The van der Waals surface area contributed by atoms with Crippen LogP contribution in [0.3, 0.4) is 0 Å². The van der Waals surface area contributed by atoms with Crippen LogP contribution in [0.1, 0.15) is 16.8 Å². The maximum atomic E-state index is 10.7. The molecule has 0 fully saturated rings. The van der Waals surface area contributed by atoms with Crippen molar-refractivity contribution in [1.82, 2.24) is 0 Å². The number of rotatable bonds is 7. The van der Waals surface area contributed by atoms with Crippen molar-refractivity contribution in [3.8, 4) is 11.5 Å². The van der Waals surface area contributed by atoms with Crippen molar-refractivity contribution in [2.75, 3.05) is 19.5 Å². The lowest BCUT2D eigenvalue weighted by Crippen LogP contribution is -2.08. The average molecular weight is 290 g/mol. The number of ether oxygens (including phenoxy) is 1. The van der Waals surface area contributed by atoms with Gasteiger partial charge in [0.25, 0.3) is 10.1 Å². The minimum absolute atomic E-state index is 0.00196. The van der Waals surface area contributed by atoms with Gasteiger partial charge in [0.05, 0.1) is 19.5 Å². The number of aromatic carboxylic acids is 1. The largest absolute Gasteiger partial charge is 0.507 e. The van der Waals surface area contributed by atoms with Crippen molar-refractivity contribution in [2.45, 2.75) is 6.42 Å². The predicted octanol–water partition coefficient (Wildman–Crippen LogP) is 0.835. The Morgan fingerprint density at radius 2 is 2.00 bits per heavy atom. The molecule has 0 amide bonds. The average Bonchev–Trinajstić information content (AvgIpc) is 2.26. The van der Waals surface area contributed by atoms with Crippen molar-refractivity contribution in [2.24, 2.45) is 0 Å². The molecule has 0 saturated carbocycles. The fourth-order valence-corrected chi connectivity index (χ4v) is 1.66. The van der Waals surface area contributed by atoms with Gasteiger partial charge in [-0.3, -0.25) is 4.18 Å². The molecule has 0 unspecified atom stereocenters. The molecule has 7 nitrogen and oxygen atoms in total. The molecule has 19 heavy (non-hydrogen) atoms. The summed E-state index contributed by atoms with van der Waals surface area (Å²) in [6, 6.07) is 3.81. The minimum Gasteiger partial charge on any atom is -0.507 e. The molecule has 0 aliphatic carbocycles. The molecule has 0 saturated heterocycles. The molecule has 0 radical (unpaired) electrons. The molecule has 0 atom stereocenters. The Morgan fingerprint density at radius 3 is 2.53 bits per heavy atom. The van der Waals surface area contributed by atoms with E-state index in [1.165, 1.54) is 18.2 Å². The van der Waals surface area contributed by atoms with Gasteiger partial charge in [0, 0.05) is 12.5 Å². The molecule has 8 heteroatoms. The molecule has 0 bridgehead atoms. The third-order valence-electron chi connectivity index (χ3n) is 2.05. The van der Waals surface area contributed by atoms with Crippen LogP contribution >= 0.6 is 0 Å². The van der Waals surface area contributed by atoms with Crippen molar-refractivity contribution in [3.63, 3.8) is 0 Å². The monoisotopic (exact) mass is 290 g/mol. The molecule has 0 heterocycles. The van der Waals surface area contributed by atoms with Crippen LogP contribution in [0.15, 0.2) is 18.2 Å². The standard InChI is InChI=1S/C11H14O7S/c1-19(15,16)18-6-2-5-17-8-3-4-9(11(13)14)10(12)7-8/h3-4,7,12H,2,5-6H2,1H3,(H,13,14). The third kappa shape index (κ3) is 5.58. The molecule has 1 rings (SSSR count). The number of carbonyl (C=O) groups is 1. The van der Waals surface area contributed by atoms with E-state index in [1.54, 1.807) is 0 Å². The maximum Gasteiger partial charge on any atom is 0.339 e. The zero-order chi connectivity index (χ0) is 14.5. The molecular weight excluding hydrogens is 276 g/mol. The first-order chi connectivity index (χ1) is 8.79. The quantitative estimate of drug-likeness (QED) is 0.565. The fraction of sp³-hybridized carbons (Fsp3) is 0.364. The summed E-state index contributed by atoms with van der Waals surface area (Å²) in [6.45, 7) is 0.180. The lowest BCUT2D eigenvalue weighted by atomic mass is 10.2. The first-order valence-electron chi connectivity index (χ1n) is 5.33. The van der Waals surface area contributed by atoms with Crippen LogP contribution in [0.25, 0.3) is 0 Å². The number of phenols is 1. The smallest absolute Gasteiger partial charge is 0.339 e. The summed E-state index contributed by atoms with van der Waals surface area (Å²) < 4.78 is 31.0. The summed E-state index contributed by atoms with van der Waals surface area (Å²) in [7, 11) is -3.45. The normalized spacial score (nSPS) is 11.2. The number of hydrogen-bond donors (Lipinski definition) is 2. The summed E-state index contributed by atoms with van der Waals surface area (Å²) in [6.07, 6.45) is 1.30. The van der Waals surface area contributed by atoms with E-state index in [0.717, 1.165) is 6.26 Å². The second-order valence-corrected chi connectivity index (χ2v) is 5.36. The van der Waals surface area contributed by atoms with E-state index in [1.807, 2.05) is 0 Å². The van der Waals surface area contributed by atoms with Crippen LogP contribution in [0, 0.1) is 0 Å². The predicted molar refractivity (Wildman–Crippen MR) is 66.0 cm³/mol. The molecule has 0 spiro atoms. The number of hydrogen-bond acceptors (Lipinski definition) is 6. The summed E-state index contributed by atoms with van der Waals surface area (Å²) in [5, 5.41) is 18.1. The highest BCUT2D eigenvalue weighted by Gasteiger charge is 2.10. The number of carboxylic acid groups (broad SMARTS) is 1. The molecule has 0 aromatic heterocycles. The summed E-state index contributed by atoms with van der Waals surface area (Å²) in [5.41, 5.74) is -0.215. The zero-order valence-corrected chi connectivity index (χ0v) is 11.0. The molecule has 106 valence electrons. The van der Waals surface area contributed by atoms with E-state index >= 15 is 0 Å². The number of aromatic hydroxyl groups is 1. The van der Waals surface area contributed by atoms with Gasteiger partial charge in [0.15, 0.2) is 0 Å². The number of carboxylic acids is 1. The van der Waals surface area contributed by atoms with Gasteiger partial charge in [-0.05, 0) is 12.1 Å². The Balaban J connectivity index is 2.42. The lowest BCUT2D eigenvalue weighted by molar-refractivity contribution is 0.0693. The Kier molecular flexibility index (Phi) is 5.13. The second kappa shape index (κ2) is 6.39. The van der Waals surface area contributed by atoms with Gasteiger partial charge in [-0.1, -0.05) is 0 Å². The van der Waals surface area contributed by atoms with E-state index in [-0.39, 0.29) is 18.8 Å². The highest BCUT2D eigenvalue weighted by Crippen LogP contribution is 2.23. The third-order valence-corrected chi connectivity index (χ3v) is 2.65. The Bertz CT molecular complexity index is 550. The number of benzene rings is 1. The van der Waals surface area contributed by atoms with E-state index in [9.17, 15) is 18.3 Å². The molecular formula is C11H14O7S. The van der Waals surface area contributed by atoms with E-state index in [2.05, 4.69) is 4.18 Å². The van der Waals surface area contributed by atoms with Gasteiger partial charge in [0.1, 0.15) is 17.1 Å². The van der Waals surface area contributed by atoms with Crippen LogP contribution in [0.5, 0.6) is 11.5 Å². The summed E-state index contributed by atoms with van der Waals surface area (Å²) in [4.78, 5) is 10.7. The van der Waals surface area contributed by atoms with Gasteiger partial charge in [-0.25, -0.2) is 4.79 Å². The molecule has 0 aliphatic heterocycles. The minimum atomic E-state index is -3.45. The van der Waals surface area contributed by atoms with Gasteiger partial charge in [0.2, 0.25) is 0 Å². The molecule has 2 N–H and O–H groups in total. The maximum absolute atomic E-state index is 10.7. The van der Waals surface area contributed by atoms with Crippen molar-refractivity contribution in [3.05, 3.63) is 23.8 Å². The summed E-state index contributed by atoms with van der Waals surface area (Å²) >= 11 is 0. The Labute approximate surface area is 110 Å². The lowest BCUT2D eigenvalue weighted by Gasteiger charge is -2.07. The van der Waals surface area contributed by atoms with Crippen LogP contribution < -0.4 is 4.74 Å². The van der Waals surface area contributed by atoms with Gasteiger partial charge < -0.3 is 14.9 Å². The van der Waals surface area contributed by atoms with E-state index in [0.29, 0.717) is 12.2 Å². The van der Waals surface area contributed by atoms with Crippen LogP contribution in [-0.2, 0) is 14.3 Å². The highest BCUT2D eigenvalue weighted by atomic mass is 32.2. The van der Waals surface area contributed by atoms with Crippen molar-refractivity contribution >= 4 is 16.1 Å². The van der Waals surface area contributed by atoms with Crippen molar-refractivity contribution < 1.29 is 32.3 Å². The van der Waals surface area contributed by atoms with Crippen molar-refractivity contribution in [1.29, 1.82) is 0 Å². The topological polar surface area (TPSA) is 110 Å². The van der Waals surface area contributed by atoms with Gasteiger partial charge >= 0.3 is 5.97 Å². The molecule has 1 aromatic carbocycles. The van der Waals surface area contributed by atoms with Crippen LogP contribution in [0.2, 0.25) is 0 Å². The second-order valence-electron chi connectivity index (χ2n) is 3.71. The summed E-state index contributed by atoms with van der Waals surface area (Å²) in [5.74, 6) is -1.33. The first-order valence-corrected chi connectivity index (χ1v) is 7.15. The Hall–Kier alpha value is -1.80. The van der Waals surface area contributed by atoms with Gasteiger partial charge in [-0.15, -0.1) is 0 Å². The first kappa shape index (κ1) is 15.3. The zero-order valence-electron chi connectivity index (χ0n) is 10.2. The van der Waals surface area contributed by atoms with E-state index < -0.39 is 21.8 Å². The molecule has 1 aromatic rings. The van der Waals surface area contributed by atoms with E-state index in [4.69, 9.17) is 9.84 Å². The fourth-order valence-electron chi connectivity index (χ4n) is 1.24. The van der Waals surface area contributed by atoms with Crippen LogP contribution in [-0.4, -0.2) is 44.1 Å². The highest BCUT2D eigenvalue weighted by molar-refractivity contribution is 7.85. The van der Waals surface area contributed by atoms with Gasteiger partial charge in [-0.2, -0.15) is 8.42 Å². The molecule has 0 aliphatic rings. The van der Waals surface area contributed by atoms with Crippen LogP contribution in [0.4, 0.5) is 0 Å². The SMILES string of the molecule is CS(=O)(=O)OCCCOc1ccc(C(=O)O)c(O)c1. The Morgan fingerprint density at radius 1 is 1.32 bits per heavy atom.